The van der Waals surface area contributed by atoms with Crippen LogP contribution in [-0.2, 0) is 6.54 Å². The summed E-state index contributed by atoms with van der Waals surface area (Å²) in [5, 5.41) is 24.4. The molecule has 122 valence electrons. The van der Waals surface area contributed by atoms with Crippen LogP contribution in [0.1, 0.15) is 56.5 Å². The van der Waals surface area contributed by atoms with Gasteiger partial charge in [0.25, 0.3) is 0 Å². The molecule has 1 aromatic rings. The Morgan fingerprint density at radius 3 is 2.14 bits per heavy atom. The Kier molecular flexibility index (Phi) is 4.61. The average molecular weight is 306 g/mol. The molecule has 0 unspecified atom stereocenters. The average Bonchev–Trinajstić information content (AvgIpc) is 2.35. The van der Waals surface area contributed by atoms with Gasteiger partial charge >= 0.3 is 5.97 Å². The summed E-state index contributed by atoms with van der Waals surface area (Å²) < 4.78 is 0. The highest BCUT2D eigenvalue weighted by molar-refractivity contribution is 5.87. The lowest BCUT2D eigenvalue weighted by Crippen LogP contribution is -2.61. The molecule has 0 spiro atoms. The van der Waals surface area contributed by atoms with E-state index in [1.165, 1.54) is 5.06 Å². The maximum absolute atomic E-state index is 10.9. The van der Waals surface area contributed by atoms with Crippen LogP contribution in [0.2, 0.25) is 0 Å². The maximum Gasteiger partial charge on any atom is 0.335 e. The third-order valence-corrected chi connectivity index (χ3v) is 4.14. The molecule has 0 bridgehead atoms. The lowest BCUT2D eigenvalue weighted by atomic mass is 9.79. The van der Waals surface area contributed by atoms with Gasteiger partial charge in [-0.25, -0.2) is 4.79 Å². The summed E-state index contributed by atoms with van der Waals surface area (Å²) in [6.07, 6.45) is 1.72. The van der Waals surface area contributed by atoms with Crippen LogP contribution in [0.4, 0.5) is 0 Å². The molecular weight excluding hydrogens is 280 g/mol. The summed E-state index contributed by atoms with van der Waals surface area (Å²) in [5.41, 5.74) is 1.11. The lowest BCUT2D eigenvalue weighted by Gasteiger charge is -2.48. The molecule has 1 aliphatic heterocycles. The first-order valence-electron chi connectivity index (χ1n) is 7.65. The van der Waals surface area contributed by atoms with Crippen LogP contribution in [0.5, 0.6) is 0 Å². The van der Waals surface area contributed by atoms with Crippen molar-refractivity contribution < 1.29 is 15.1 Å². The van der Waals surface area contributed by atoms with Crippen molar-refractivity contribution in [3.63, 3.8) is 0 Å². The van der Waals surface area contributed by atoms with Crippen LogP contribution in [0.25, 0.3) is 0 Å². The third kappa shape index (κ3) is 4.29. The molecule has 2 rings (SSSR count). The standard InChI is InChI=1S/C17H26N2O3/c1-16(2)9-14(10-17(3,4)18-16)19(22)11-12-5-7-13(8-6-12)15(20)21/h5-8,14,18,22H,9-11H2,1-4H3,(H,20,21). The molecule has 22 heavy (non-hydrogen) atoms. The van der Waals surface area contributed by atoms with Gasteiger partial charge in [-0.15, -0.1) is 0 Å². The summed E-state index contributed by atoms with van der Waals surface area (Å²) in [6, 6.07) is 6.72. The number of hydrogen-bond acceptors (Lipinski definition) is 4. The van der Waals surface area contributed by atoms with Gasteiger partial charge in [-0.1, -0.05) is 12.1 Å². The minimum absolute atomic E-state index is 0.0272. The summed E-state index contributed by atoms with van der Waals surface area (Å²) >= 11 is 0. The Hall–Kier alpha value is -1.43. The van der Waals surface area contributed by atoms with Gasteiger partial charge in [0.15, 0.2) is 0 Å². The predicted octanol–water partition coefficient (Wildman–Crippen LogP) is 2.89. The number of carbonyl (C=O) groups is 1. The topological polar surface area (TPSA) is 72.8 Å². The number of rotatable bonds is 4. The smallest absolute Gasteiger partial charge is 0.335 e. The molecule has 0 aliphatic carbocycles. The van der Waals surface area contributed by atoms with Crippen LogP contribution in [0.3, 0.4) is 0 Å². The molecule has 0 amide bonds. The normalized spacial score (nSPS) is 21.0. The van der Waals surface area contributed by atoms with E-state index in [1.54, 1.807) is 24.3 Å². The van der Waals surface area contributed by atoms with Crippen molar-refractivity contribution in [3.8, 4) is 0 Å². The van der Waals surface area contributed by atoms with E-state index in [1.807, 2.05) is 0 Å². The first kappa shape index (κ1) is 16.9. The molecule has 3 N–H and O–H groups in total. The highest BCUT2D eigenvalue weighted by Gasteiger charge is 2.39. The minimum Gasteiger partial charge on any atom is -0.478 e. The zero-order chi connectivity index (χ0) is 16.5. The Labute approximate surface area is 131 Å². The molecule has 0 saturated carbocycles. The van der Waals surface area contributed by atoms with Crippen LogP contribution < -0.4 is 5.32 Å². The monoisotopic (exact) mass is 306 g/mol. The van der Waals surface area contributed by atoms with Crippen LogP contribution in [-0.4, -0.2) is 38.5 Å². The number of hydroxylamine groups is 2. The van der Waals surface area contributed by atoms with Crippen molar-refractivity contribution in [2.75, 3.05) is 0 Å². The number of carboxylic acids is 1. The summed E-state index contributed by atoms with van der Waals surface area (Å²) in [4.78, 5) is 10.9. The fourth-order valence-electron chi connectivity index (χ4n) is 3.55. The second-order valence-corrected chi connectivity index (χ2v) is 7.55. The maximum atomic E-state index is 10.9. The SMILES string of the molecule is CC1(C)CC(N(O)Cc2ccc(C(=O)O)cc2)CC(C)(C)N1. The first-order chi connectivity index (χ1) is 10.1. The highest BCUT2D eigenvalue weighted by Crippen LogP contribution is 2.31. The van der Waals surface area contributed by atoms with E-state index < -0.39 is 5.97 Å². The second-order valence-electron chi connectivity index (χ2n) is 7.55. The molecular formula is C17H26N2O3. The Morgan fingerprint density at radius 2 is 1.68 bits per heavy atom. The molecule has 1 aromatic carbocycles. The lowest BCUT2D eigenvalue weighted by molar-refractivity contribution is -0.156. The number of hydrogen-bond donors (Lipinski definition) is 3. The second kappa shape index (κ2) is 5.99. The van der Waals surface area contributed by atoms with Gasteiger partial charge in [0.05, 0.1) is 5.56 Å². The fraction of sp³-hybridized carbons (Fsp3) is 0.588. The number of piperidine rings is 1. The van der Waals surface area contributed by atoms with Crippen molar-refractivity contribution in [1.29, 1.82) is 0 Å². The molecule has 5 nitrogen and oxygen atoms in total. The predicted molar refractivity (Wildman–Crippen MR) is 85.0 cm³/mol. The number of benzene rings is 1. The molecule has 1 saturated heterocycles. The van der Waals surface area contributed by atoms with Crippen molar-refractivity contribution in [2.45, 2.75) is 64.2 Å². The van der Waals surface area contributed by atoms with E-state index >= 15 is 0 Å². The van der Waals surface area contributed by atoms with Gasteiger partial charge < -0.3 is 15.6 Å². The number of aromatic carboxylic acids is 1. The van der Waals surface area contributed by atoms with E-state index in [9.17, 15) is 10.0 Å². The van der Waals surface area contributed by atoms with Gasteiger partial charge in [0.2, 0.25) is 0 Å². The Morgan fingerprint density at radius 1 is 1.18 bits per heavy atom. The van der Waals surface area contributed by atoms with Crippen LogP contribution >= 0.6 is 0 Å². The zero-order valence-electron chi connectivity index (χ0n) is 13.8. The molecule has 0 atom stereocenters. The van der Waals surface area contributed by atoms with Gasteiger partial charge in [-0.2, -0.15) is 5.06 Å². The summed E-state index contributed by atoms with van der Waals surface area (Å²) in [6.45, 7) is 9.00. The van der Waals surface area contributed by atoms with Crippen molar-refractivity contribution in [3.05, 3.63) is 35.4 Å². The first-order valence-corrected chi connectivity index (χ1v) is 7.65. The van der Waals surface area contributed by atoms with Gasteiger partial charge in [0, 0.05) is 23.7 Å². The summed E-state index contributed by atoms with van der Waals surface area (Å²) in [7, 11) is 0. The summed E-state index contributed by atoms with van der Waals surface area (Å²) in [5.74, 6) is -0.936. The highest BCUT2D eigenvalue weighted by atomic mass is 16.5. The number of nitrogens with zero attached hydrogens (tertiary/aromatic N) is 1. The molecule has 5 heteroatoms. The van der Waals surface area contributed by atoms with E-state index in [2.05, 4.69) is 33.0 Å². The van der Waals surface area contributed by atoms with Crippen molar-refractivity contribution in [1.82, 2.24) is 10.4 Å². The molecule has 0 aromatic heterocycles. The fourth-order valence-corrected chi connectivity index (χ4v) is 3.55. The number of carboxylic acid groups (broad SMARTS) is 1. The molecule has 0 radical (unpaired) electrons. The molecule has 1 fully saturated rings. The van der Waals surface area contributed by atoms with E-state index in [0.717, 1.165) is 18.4 Å². The van der Waals surface area contributed by atoms with Crippen LogP contribution in [0.15, 0.2) is 24.3 Å². The minimum atomic E-state index is -0.936. The Balaban J connectivity index is 2.05. The van der Waals surface area contributed by atoms with Gasteiger partial charge in [-0.3, -0.25) is 0 Å². The van der Waals surface area contributed by atoms with E-state index in [0.29, 0.717) is 6.54 Å². The molecule has 1 heterocycles. The van der Waals surface area contributed by atoms with Gasteiger partial charge in [0.1, 0.15) is 0 Å². The van der Waals surface area contributed by atoms with E-state index in [-0.39, 0.29) is 22.7 Å². The zero-order valence-corrected chi connectivity index (χ0v) is 13.8. The van der Waals surface area contributed by atoms with Crippen molar-refractivity contribution >= 4 is 5.97 Å². The Bertz CT molecular complexity index is 521. The quantitative estimate of drug-likeness (QED) is 0.746. The third-order valence-electron chi connectivity index (χ3n) is 4.14. The van der Waals surface area contributed by atoms with Crippen LogP contribution in [0, 0.1) is 0 Å². The molecule has 1 aliphatic rings. The van der Waals surface area contributed by atoms with Crippen molar-refractivity contribution in [2.24, 2.45) is 0 Å². The number of nitrogens with one attached hydrogen (secondary N) is 1. The van der Waals surface area contributed by atoms with E-state index in [4.69, 9.17) is 5.11 Å². The largest absolute Gasteiger partial charge is 0.478 e. The van der Waals surface area contributed by atoms with Gasteiger partial charge in [-0.05, 0) is 58.2 Å².